The zero-order valence-electron chi connectivity index (χ0n) is 23.5. The van der Waals surface area contributed by atoms with Gasteiger partial charge in [-0.25, -0.2) is 0 Å². The zero-order chi connectivity index (χ0) is 27.0. The normalized spacial score (nSPS) is 10.7. The monoisotopic (exact) mass is 590 g/mol. The molecule has 0 bridgehead atoms. The quantitative estimate of drug-likeness (QED) is 0.142. The second-order valence-electron chi connectivity index (χ2n) is 10.1. The van der Waals surface area contributed by atoms with Crippen molar-refractivity contribution < 1.29 is 26.5 Å². The minimum Gasteiger partial charge on any atom is -1.00 e. The van der Waals surface area contributed by atoms with Crippen LogP contribution in [0, 0.1) is 0 Å². The van der Waals surface area contributed by atoms with E-state index in [0.717, 1.165) is 28.2 Å². The Labute approximate surface area is 250 Å². The van der Waals surface area contributed by atoms with Crippen LogP contribution in [0.25, 0.3) is 10.6 Å². The smallest absolute Gasteiger partial charge is 0.268 e. The van der Waals surface area contributed by atoms with Gasteiger partial charge in [0.25, 0.3) is 5.01 Å². The van der Waals surface area contributed by atoms with Crippen molar-refractivity contribution in [1.29, 1.82) is 0 Å². The Bertz CT molecular complexity index is 1120. The second kappa shape index (κ2) is 19.1. The first-order valence-electron chi connectivity index (χ1n) is 14.3. The maximum atomic E-state index is 12.9. The number of aromatic nitrogens is 1. The zero-order valence-corrected chi connectivity index (χ0v) is 25.9. The summed E-state index contributed by atoms with van der Waals surface area (Å²) in [4.78, 5) is 12.9. The summed E-state index contributed by atoms with van der Waals surface area (Å²) in [5.74, 6) is 0.630. The average molecular weight is 592 g/mol. The molecule has 0 radical (unpaired) electrons. The highest BCUT2D eigenvalue weighted by Gasteiger charge is 2.14. The number of nitrogens with one attached hydrogen (secondary N) is 1. The molecule has 0 spiro atoms. The van der Waals surface area contributed by atoms with Crippen molar-refractivity contribution in [3.8, 4) is 16.3 Å². The lowest BCUT2D eigenvalue weighted by Gasteiger charge is -2.13. The van der Waals surface area contributed by atoms with E-state index in [-0.39, 0.29) is 24.7 Å². The molecule has 214 valence electrons. The van der Waals surface area contributed by atoms with Crippen LogP contribution in [-0.4, -0.2) is 12.5 Å². The molecule has 1 heterocycles. The van der Waals surface area contributed by atoms with Crippen LogP contribution in [0.15, 0.2) is 54.0 Å². The van der Waals surface area contributed by atoms with E-state index in [9.17, 15) is 4.79 Å². The van der Waals surface area contributed by atoms with Gasteiger partial charge in [0, 0.05) is 16.3 Å². The number of carbonyl (C=O) groups is 1. The van der Waals surface area contributed by atoms with Crippen LogP contribution >= 0.6 is 22.9 Å². The summed E-state index contributed by atoms with van der Waals surface area (Å²) in [6.45, 7) is 2.92. The van der Waals surface area contributed by atoms with Gasteiger partial charge in [-0.15, -0.1) is 0 Å². The summed E-state index contributed by atoms with van der Waals surface area (Å²) >= 11 is 7.92. The number of benzene rings is 2. The minimum absolute atomic E-state index is 0. The molecular weight excluding hydrogens is 547 g/mol. The van der Waals surface area contributed by atoms with Gasteiger partial charge in [0.2, 0.25) is 5.91 Å². The molecule has 39 heavy (non-hydrogen) atoms. The lowest BCUT2D eigenvalue weighted by Crippen LogP contribution is -3.00. The average Bonchev–Trinajstić information content (AvgIpc) is 3.34. The number of nitrogens with zero attached hydrogens (tertiary/aromatic N) is 1. The molecule has 0 aliphatic heterocycles. The molecule has 1 aromatic heterocycles. The molecule has 0 fully saturated rings. The largest absolute Gasteiger partial charge is 1.00 e. The number of carbonyl (C=O) groups excluding carboxylic acids is 1. The molecule has 0 aliphatic rings. The van der Waals surface area contributed by atoms with Gasteiger partial charge in [0.15, 0.2) is 6.20 Å². The van der Waals surface area contributed by atoms with E-state index in [0.29, 0.717) is 17.4 Å². The molecule has 3 rings (SSSR count). The van der Waals surface area contributed by atoms with Gasteiger partial charge in [0.1, 0.15) is 12.8 Å². The Kier molecular flexibility index (Phi) is 16.2. The lowest BCUT2D eigenvalue weighted by atomic mass is 10.1. The van der Waals surface area contributed by atoms with Crippen LogP contribution in [0.2, 0.25) is 5.02 Å². The van der Waals surface area contributed by atoms with Gasteiger partial charge in [-0.3, -0.25) is 4.79 Å². The van der Waals surface area contributed by atoms with E-state index >= 15 is 0 Å². The van der Waals surface area contributed by atoms with Crippen LogP contribution in [0.5, 0.6) is 5.75 Å². The Hall–Kier alpha value is -2.08. The summed E-state index contributed by atoms with van der Waals surface area (Å²) in [6, 6.07) is 13.5. The molecule has 1 amide bonds. The molecule has 0 saturated heterocycles. The van der Waals surface area contributed by atoms with E-state index in [1.807, 2.05) is 49.6 Å². The first-order valence-corrected chi connectivity index (χ1v) is 15.6. The molecular formula is C32H44Cl2N2O2S. The van der Waals surface area contributed by atoms with E-state index in [1.165, 1.54) is 70.6 Å². The molecule has 1 N–H and O–H groups in total. The third kappa shape index (κ3) is 12.3. The number of anilines is 1. The van der Waals surface area contributed by atoms with E-state index in [2.05, 4.69) is 28.3 Å². The van der Waals surface area contributed by atoms with Crippen molar-refractivity contribution in [3.05, 3.63) is 64.6 Å². The van der Waals surface area contributed by atoms with Crippen molar-refractivity contribution >= 4 is 34.5 Å². The van der Waals surface area contributed by atoms with Crippen LogP contribution < -0.4 is 27.0 Å². The number of unbranched alkanes of at least 4 members (excludes halogenated alkanes) is 11. The Balaban J connectivity index is 0.00000533. The van der Waals surface area contributed by atoms with Crippen LogP contribution in [-0.2, 0) is 18.3 Å². The maximum Gasteiger partial charge on any atom is 0.268 e. The maximum absolute atomic E-state index is 12.9. The van der Waals surface area contributed by atoms with Crippen molar-refractivity contribution in [2.24, 2.45) is 7.05 Å². The molecule has 0 unspecified atom stereocenters. The molecule has 0 aliphatic carbocycles. The van der Waals surface area contributed by atoms with Crippen LogP contribution in [0.4, 0.5) is 5.69 Å². The van der Waals surface area contributed by atoms with Crippen molar-refractivity contribution in [1.82, 2.24) is 0 Å². The van der Waals surface area contributed by atoms with Gasteiger partial charge in [-0.05, 0) is 36.8 Å². The molecule has 0 saturated carbocycles. The lowest BCUT2D eigenvalue weighted by molar-refractivity contribution is -0.655. The number of hydrogen-bond acceptors (Lipinski definition) is 3. The predicted molar refractivity (Wildman–Crippen MR) is 161 cm³/mol. The highest BCUT2D eigenvalue weighted by atomic mass is 35.5. The van der Waals surface area contributed by atoms with Gasteiger partial charge < -0.3 is 22.5 Å². The second-order valence-corrected chi connectivity index (χ2v) is 11.4. The standard InChI is InChI=1S/C32H43ClN2O2S.ClH/c1-3-4-5-6-7-8-9-10-11-12-13-14-21-37-30-25-28(33)19-18-26(30)24-31(36)34-29-17-15-16-27(23-29)32-35(2)20-22-38-32;/h15-20,22-23,25H,3-14,21,24H2,1-2H3;1H. The van der Waals surface area contributed by atoms with E-state index in [1.54, 1.807) is 11.3 Å². The fraction of sp³-hybridized carbons (Fsp3) is 0.500. The van der Waals surface area contributed by atoms with Crippen molar-refractivity contribution in [2.75, 3.05) is 11.9 Å². The topological polar surface area (TPSA) is 42.2 Å². The molecule has 4 nitrogen and oxygen atoms in total. The summed E-state index contributed by atoms with van der Waals surface area (Å²) < 4.78 is 8.16. The first kappa shape index (κ1) is 33.1. The fourth-order valence-electron chi connectivity index (χ4n) is 4.65. The van der Waals surface area contributed by atoms with E-state index in [4.69, 9.17) is 16.3 Å². The number of ether oxygens (including phenoxy) is 1. The Morgan fingerprint density at radius 2 is 1.59 bits per heavy atom. The Morgan fingerprint density at radius 1 is 0.923 bits per heavy atom. The third-order valence-electron chi connectivity index (χ3n) is 6.81. The SMILES string of the molecule is CCCCCCCCCCCCCCOc1cc(Cl)ccc1CC(=O)Nc1cccc(-c2scc[n+]2C)c1.[Cl-]. The summed E-state index contributed by atoms with van der Waals surface area (Å²) in [6.07, 6.45) is 18.0. The van der Waals surface area contributed by atoms with Crippen LogP contribution in [0.3, 0.4) is 0 Å². The molecule has 7 heteroatoms. The highest BCUT2D eigenvalue weighted by Crippen LogP contribution is 2.26. The number of amides is 1. The van der Waals surface area contributed by atoms with Gasteiger partial charge >= 0.3 is 0 Å². The molecule has 0 atom stereocenters. The first-order chi connectivity index (χ1) is 18.6. The van der Waals surface area contributed by atoms with Crippen LogP contribution in [0.1, 0.15) is 89.5 Å². The third-order valence-corrected chi connectivity index (χ3v) is 8.05. The number of thiazole rings is 1. The Morgan fingerprint density at radius 3 is 2.23 bits per heavy atom. The number of halogens is 2. The predicted octanol–water partition coefficient (Wildman–Crippen LogP) is 6.16. The molecule has 3 aromatic rings. The fourth-order valence-corrected chi connectivity index (χ4v) is 5.68. The van der Waals surface area contributed by atoms with Gasteiger partial charge in [-0.2, -0.15) is 4.57 Å². The van der Waals surface area contributed by atoms with E-state index < -0.39 is 0 Å². The minimum atomic E-state index is -0.0739. The van der Waals surface area contributed by atoms with Gasteiger partial charge in [-0.1, -0.05) is 113 Å². The summed E-state index contributed by atoms with van der Waals surface area (Å²) in [5, 5.41) is 6.86. The summed E-state index contributed by atoms with van der Waals surface area (Å²) in [5.41, 5.74) is 2.72. The summed E-state index contributed by atoms with van der Waals surface area (Å²) in [7, 11) is 2.02. The molecule has 2 aromatic carbocycles. The van der Waals surface area contributed by atoms with Gasteiger partial charge in [0.05, 0.1) is 24.0 Å². The number of aryl methyl sites for hydroxylation is 1. The number of hydrogen-bond donors (Lipinski definition) is 1. The number of rotatable bonds is 18. The highest BCUT2D eigenvalue weighted by molar-refractivity contribution is 7.12. The van der Waals surface area contributed by atoms with Crippen molar-refractivity contribution in [2.45, 2.75) is 90.4 Å². The van der Waals surface area contributed by atoms with Crippen molar-refractivity contribution in [3.63, 3.8) is 0 Å².